The second-order valence-electron chi connectivity index (χ2n) is 6.53. The molecule has 0 amide bonds. The van der Waals surface area contributed by atoms with E-state index in [1.54, 1.807) is 22.7 Å². The van der Waals surface area contributed by atoms with Gasteiger partial charge in [0.05, 0.1) is 24.8 Å². The number of methoxy groups -OCH3 is 2. The lowest BCUT2D eigenvalue weighted by atomic mass is 10.2. The Morgan fingerprint density at radius 3 is 2.55 bits per heavy atom. The van der Waals surface area contributed by atoms with E-state index in [2.05, 4.69) is 14.8 Å². The van der Waals surface area contributed by atoms with Crippen LogP contribution in [-0.2, 0) is 16.4 Å². The van der Waals surface area contributed by atoms with Crippen LogP contribution in [0.3, 0.4) is 0 Å². The van der Waals surface area contributed by atoms with Crippen LogP contribution >= 0.6 is 22.9 Å². The highest BCUT2D eigenvalue weighted by atomic mass is 35.5. The third-order valence-electron chi connectivity index (χ3n) is 4.59. The summed E-state index contributed by atoms with van der Waals surface area (Å²) in [6.07, 6.45) is 0.454. The van der Waals surface area contributed by atoms with Gasteiger partial charge < -0.3 is 9.47 Å². The summed E-state index contributed by atoms with van der Waals surface area (Å²) in [5.74, 6) is 1.41. The average Bonchev–Trinajstić information content (AvgIpc) is 3.35. The first kappa shape index (κ1) is 21.6. The summed E-state index contributed by atoms with van der Waals surface area (Å²) >= 11 is 7.39. The van der Waals surface area contributed by atoms with Gasteiger partial charge >= 0.3 is 0 Å². The van der Waals surface area contributed by atoms with Crippen molar-refractivity contribution in [2.75, 3.05) is 20.8 Å². The Hall–Kier alpha value is -2.66. The number of nitrogens with zero attached hydrogens (tertiary/aromatic N) is 3. The molecule has 2 aromatic heterocycles. The molecular formula is C20H19ClN4O4S2. The lowest BCUT2D eigenvalue weighted by Gasteiger charge is -2.10. The van der Waals surface area contributed by atoms with E-state index in [0.717, 1.165) is 16.2 Å². The summed E-state index contributed by atoms with van der Waals surface area (Å²) in [7, 11) is -0.753. The predicted molar refractivity (Wildman–Crippen MR) is 120 cm³/mol. The van der Waals surface area contributed by atoms with Gasteiger partial charge in [-0.25, -0.2) is 17.7 Å². The van der Waals surface area contributed by atoms with Crippen LogP contribution in [0, 0.1) is 0 Å². The molecule has 0 aliphatic rings. The molecular weight excluding hydrogens is 460 g/mol. The Bertz CT molecular complexity index is 1320. The second kappa shape index (κ2) is 8.83. The molecule has 2 heterocycles. The summed E-state index contributed by atoms with van der Waals surface area (Å²) < 4.78 is 40.0. The first-order chi connectivity index (χ1) is 14.9. The number of hydrogen-bond donors (Lipinski definition) is 1. The van der Waals surface area contributed by atoms with Crippen LogP contribution in [0.2, 0.25) is 5.02 Å². The van der Waals surface area contributed by atoms with Gasteiger partial charge in [0, 0.05) is 35.0 Å². The Kier molecular flexibility index (Phi) is 6.15. The largest absolute Gasteiger partial charge is 0.493 e. The molecule has 0 bridgehead atoms. The highest BCUT2D eigenvalue weighted by Crippen LogP contribution is 2.29. The molecule has 4 rings (SSSR count). The summed E-state index contributed by atoms with van der Waals surface area (Å²) in [5.41, 5.74) is 1.73. The molecule has 0 atom stereocenters. The van der Waals surface area contributed by atoms with Crippen LogP contribution in [0.4, 0.5) is 0 Å². The van der Waals surface area contributed by atoms with E-state index in [1.807, 2.05) is 17.5 Å². The molecule has 4 aromatic rings. The van der Waals surface area contributed by atoms with Crippen LogP contribution in [0.15, 0.2) is 52.7 Å². The minimum Gasteiger partial charge on any atom is -0.493 e. The maximum Gasteiger partial charge on any atom is 0.240 e. The van der Waals surface area contributed by atoms with Crippen molar-refractivity contribution in [1.29, 1.82) is 0 Å². The van der Waals surface area contributed by atoms with Gasteiger partial charge in [0.2, 0.25) is 15.0 Å². The third kappa shape index (κ3) is 4.52. The maximum absolute atomic E-state index is 12.7. The smallest absolute Gasteiger partial charge is 0.240 e. The number of thiazole rings is 1. The standard InChI is InChI=1S/C20H19ClN4O4S2/c1-28-17-8-7-16(11-18(17)29-2)31(26,27)22-10-9-15-12-30-20-23-19(24-25(15)20)13-3-5-14(21)6-4-13/h3-8,11-12,22H,9-10H2,1-2H3. The number of hydrogen-bond acceptors (Lipinski definition) is 7. The molecule has 0 radical (unpaired) electrons. The van der Waals surface area contributed by atoms with Crippen LogP contribution in [0.5, 0.6) is 11.5 Å². The van der Waals surface area contributed by atoms with E-state index >= 15 is 0 Å². The minimum atomic E-state index is -3.71. The van der Waals surface area contributed by atoms with E-state index in [4.69, 9.17) is 21.1 Å². The van der Waals surface area contributed by atoms with Crippen molar-refractivity contribution in [3.63, 3.8) is 0 Å². The fourth-order valence-corrected chi connectivity index (χ4v) is 5.03. The maximum atomic E-state index is 12.7. The normalized spacial score (nSPS) is 11.7. The monoisotopic (exact) mass is 478 g/mol. The number of sulfonamides is 1. The molecule has 2 aromatic carbocycles. The van der Waals surface area contributed by atoms with Crippen molar-refractivity contribution in [2.45, 2.75) is 11.3 Å². The number of nitrogens with one attached hydrogen (secondary N) is 1. The molecule has 0 saturated carbocycles. The fourth-order valence-electron chi connectivity index (χ4n) is 3.00. The van der Waals surface area contributed by atoms with E-state index < -0.39 is 10.0 Å². The summed E-state index contributed by atoms with van der Waals surface area (Å²) in [4.78, 5) is 5.38. The SMILES string of the molecule is COc1ccc(S(=O)(=O)NCCc2csc3nc(-c4ccc(Cl)cc4)nn23)cc1OC. The fraction of sp³-hybridized carbons (Fsp3) is 0.200. The molecule has 0 unspecified atom stereocenters. The molecule has 0 fully saturated rings. The van der Waals surface area contributed by atoms with Gasteiger partial charge in [-0.2, -0.15) is 4.98 Å². The molecule has 0 aliphatic carbocycles. The van der Waals surface area contributed by atoms with Crippen LogP contribution in [0.1, 0.15) is 5.69 Å². The summed E-state index contributed by atoms with van der Waals surface area (Å²) in [6, 6.07) is 11.8. The summed E-state index contributed by atoms with van der Waals surface area (Å²) in [5, 5.41) is 7.12. The van der Waals surface area contributed by atoms with E-state index in [1.165, 1.54) is 37.7 Å². The zero-order valence-corrected chi connectivity index (χ0v) is 19.1. The number of aromatic nitrogens is 3. The van der Waals surface area contributed by atoms with Crippen molar-refractivity contribution >= 4 is 37.9 Å². The zero-order valence-electron chi connectivity index (χ0n) is 16.7. The predicted octanol–water partition coefficient (Wildman–Crippen LogP) is 3.65. The Morgan fingerprint density at radius 2 is 1.84 bits per heavy atom. The quantitative estimate of drug-likeness (QED) is 0.415. The van der Waals surface area contributed by atoms with E-state index in [0.29, 0.717) is 28.8 Å². The van der Waals surface area contributed by atoms with Crippen LogP contribution < -0.4 is 14.2 Å². The first-order valence-electron chi connectivity index (χ1n) is 9.22. The molecule has 0 saturated heterocycles. The second-order valence-corrected chi connectivity index (χ2v) is 9.57. The number of rotatable bonds is 8. The number of ether oxygens (including phenoxy) is 2. The molecule has 1 N–H and O–H groups in total. The molecule has 162 valence electrons. The van der Waals surface area contributed by atoms with Gasteiger partial charge in [0.25, 0.3) is 0 Å². The Balaban J connectivity index is 1.47. The molecule has 0 spiro atoms. The molecule has 8 nitrogen and oxygen atoms in total. The summed E-state index contributed by atoms with van der Waals surface area (Å²) in [6.45, 7) is 0.207. The molecule has 0 aliphatic heterocycles. The van der Waals surface area contributed by atoms with E-state index in [9.17, 15) is 8.42 Å². The highest BCUT2D eigenvalue weighted by Gasteiger charge is 2.18. The number of halogens is 1. The van der Waals surface area contributed by atoms with Gasteiger partial charge in [-0.3, -0.25) is 0 Å². The number of benzene rings is 2. The first-order valence-corrected chi connectivity index (χ1v) is 12.0. The van der Waals surface area contributed by atoms with Crippen LogP contribution in [-0.4, -0.2) is 43.8 Å². The molecule has 31 heavy (non-hydrogen) atoms. The Morgan fingerprint density at radius 1 is 1.10 bits per heavy atom. The lowest BCUT2D eigenvalue weighted by Crippen LogP contribution is -2.26. The van der Waals surface area contributed by atoms with Crippen molar-refractivity contribution in [2.24, 2.45) is 0 Å². The van der Waals surface area contributed by atoms with Gasteiger partial charge in [-0.05, 0) is 36.4 Å². The van der Waals surface area contributed by atoms with Crippen molar-refractivity contribution in [3.05, 3.63) is 58.6 Å². The van der Waals surface area contributed by atoms with Gasteiger partial charge in [0.1, 0.15) is 0 Å². The molecule has 11 heteroatoms. The topological polar surface area (TPSA) is 94.8 Å². The highest BCUT2D eigenvalue weighted by molar-refractivity contribution is 7.89. The van der Waals surface area contributed by atoms with Gasteiger partial charge in [-0.1, -0.05) is 11.6 Å². The van der Waals surface area contributed by atoms with Crippen molar-refractivity contribution < 1.29 is 17.9 Å². The lowest BCUT2D eigenvalue weighted by molar-refractivity contribution is 0.354. The van der Waals surface area contributed by atoms with Gasteiger partial charge in [0.15, 0.2) is 17.3 Å². The average molecular weight is 479 g/mol. The van der Waals surface area contributed by atoms with Crippen LogP contribution in [0.25, 0.3) is 16.3 Å². The van der Waals surface area contributed by atoms with E-state index in [-0.39, 0.29) is 11.4 Å². The van der Waals surface area contributed by atoms with Crippen molar-refractivity contribution in [1.82, 2.24) is 19.3 Å². The minimum absolute atomic E-state index is 0.103. The number of fused-ring (bicyclic) bond motifs is 1. The van der Waals surface area contributed by atoms with Gasteiger partial charge in [-0.15, -0.1) is 16.4 Å². The Labute approximate surface area is 188 Å². The zero-order chi connectivity index (χ0) is 22.0. The third-order valence-corrected chi connectivity index (χ3v) is 7.17. The van der Waals surface area contributed by atoms with Crippen molar-refractivity contribution in [3.8, 4) is 22.9 Å².